The van der Waals surface area contributed by atoms with Crippen molar-refractivity contribution in [1.82, 2.24) is 5.32 Å². The number of nitrogens with one attached hydrogen (secondary N) is 1. The summed E-state index contributed by atoms with van der Waals surface area (Å²) in [6.07, 6.45) is 0. The average Bonchev–Trinajstić information content (AvgIpc) is 2.48. The Bertz CT molecular complexity index is 628. The predicted molar refractivity (Wildman–Crippen MR) is 95.1 cm³/mol. The van der Waals surface area contributed by atoms with Crippen molar-refractivity contribution in [2.45, 2.75) is 19.9 Å². The van der Waals surface area contributed by atoms with E-state index in [0.717, 1.165) is 26.8 Å². The lowest BCUT2D eigenvalue weighted by Gasteiger charge is -2.23. The molecule has 0 saturated carbocycles. The van der Waals surface area contributed by atoms with Gasteiger partial charge in [-0.25, -0.2) is 0 Å². The highest BCUT2D eigenvalue weighted by atomic mass is 79.9. The van der Waals surface area contributed by atoms with Gasteiger partial charge in [-0.05, 0) is 48.9 Å². The Labute approximate surface area is 143 Å². The molecule has 0 aliphatic rings. The smallest absolute Gasteiger partial charge is 0.124 e. The molecule has 0 aliphatic heterocycles. The standard InChI is InChI=1S/C17H19Br2NO/c1-4-20-17(13-6-5-7-15(19)11(13)2)14-10-12(18)8-9-16(14)21-3/h5-10,17,20H,4H2,1-3H3. The molecule has 0 fully saturated rings. The Morgan fingerprint density at radius 3 is 2.57 bits per heavy atom. The first kappa shape index (κ1) is 16.5. The molecule has 0 saturated heterocycles. The Hall–Kier alpha value is -0.840. The number of methoxy groups -OCH3 is 1. The van der Waals surface area contributed by atoms with E-state index >= 15 is 0 Å². The molecular formula is C17H19Br2NO. The summed E-state index contributed by atoms with van der Waals surface area (Å²) in [7, 11) is 1.71. The van der Waals surface area contributed by atoms with Gasteiger partial charge >= 0.3 is 0 Å². The summed E-state index contributed by atoms with van der Waals surface area (Å²) in [6.45, 7) is 5.13. The summed E-state index contributed by atoms with van der Waals surface area (Å²) in [5.74, 6) is 0.892. The van der Waals surface area contributed by atoms with Gasteiger partial charge in [0, 0.05) is 14.5 Å². The van der Waals surface area contributed by atoms with E-state index in [2.05, 4.69) is 75.3 Å². The van der Waals surface area contributed by atoms with Gasteiger partial charge in [0.2, 0.25) is 0 Å². The maximum Gasteiger partial charge on any atom is 0.124 e. The van der Waals surface area contributed by atoms with Crippen LogP contribution in [0.5, 0.6) is 5.75 Å². The first-order chi connectivity index (χ1) is 10.1. The lowest BCUT2D eigenvalue weighted by Crippen LogP contribution is -2.23. The summed E-state index contributed by atoms with van der Waals surface area (Å²) in [4.78, 5) is 0. The van der Waals surface area contributed by atoms with Crippen molar-refractivity contribution in [3.05, 3.63) is 62.0 Å². The lowest BCUT2D eigenvalue weighted by atomic mass is 9.94. The number of halogens is 2. The second kappa shape index (κ2) is 7.43. The van der Waals surface area contributed by atoms with Crippen LogP contribution < -0.4 is 10.1 Å². The molecule has 1 unspecified atom stereocenters. The minimum Gasteiger partial charge on any atom is -0.496 e. The Morgan fingerprint density at radius 2 is 1.90 bits per heavy atom. The highest BCUT2D eigenvalue weighted by Gasteiger charge is 2.20. The summed E-state index contributed by atoms with van der Waals surface area (Å²) < 4.78 is 7.72. The molecule has 2 rings (SSSR count). The average molecular weight is 413 g/mol. The fourth-order valence-electron chi connectivity index (χ4n) is 2.46. The largest absolute Gasteiger partial charge is 0.496 e. The monoisotopic (exact) mass is 411 g/mol. The zero-order valence-corrected chi connectivity index (χ0v) is 15.6. The van der Waals surface area contributed by atoms with Gasteiger partial charge < -0.3 is 10.1 Å². The Balaban J connectivity index is 2.58. The van der Waals surface area contributed by atoms with E-state index < -0.39 is 0 Å². The van der Waals surface area contributed by atoms with Crippen molar-refractivity contribution in [2.24, 2.45) is 0 Å². The molecule has 112 valence electrons. The van der Waals surface area contributed by atoms with E-state index in [9.17, 15) is 0 Å². The molecule has 0 spiro atoms. The van der Waals surface area contributed by atoms with Crippen LogP contribution in [0.4, 0.5) is 0 Å². The van der Waals surface area contributed by atoms with Crippen LogP contribution in [0.1, 0.15) is 29.7 Å². The molecule has 2 nitrogen and oxygen atoms in total. The first-order valence-corrected chi connectivity index (χ1v) is 8.49. The quantitative estimate of drug-likeness (QED) is 0.725. The van der Waals surface area contributed by atoms with E-state index in [0.29, 0.717) is 0 Å². The molecule has 0 aromatic heterocycles. The summed E-state index contributed by atoms with van der Waals surface area (Å²) in [6, 6.07) is 12.5. The maximum absolute atomic E-state index is 5.55. The maximum atomic E-state index is 5.55. The van der Waals surface area contributed by atoms with Crippen molar-refractivity contribution < 1.29 is 4.74 Å². The molecule has 0 bridgehead atoms. The Kier molecular flexibility index (Phi) is 5.85. The van der Waals surface area contributed by atoms with Crippen molar-refractivity contribution >= 4 is 31.9 Å². The molecule has 4 heteroatoms. The van der Waals surface area contributed by atoms with E-state index in [1.54, 1.807) is 7.11 Å². The van der Waals surface area contributed by atoms with Gasteiger partial charge in [0.25, 0.3) is 0 Å². The molecule has 0 radical (unpaired) electrons. The summed E-state index contributed by atoms with van der Waals surface area (Å²) in [5.41, 5.74) is 3.63. The van der Waals surface area contributed by atoms with Gasteiger partial charge in [0.15, 0.2) is 0 Å². The van der Waals surface area contributed by atoms with Crippen molar-refractivity contribution in [2.75, 3.05) is 13.7 Å². The number of rotatable bonds is 5. The second-order valence-electron chi connectivity index (χ2n) is 4.83. The van der Waals surface area contributed by atoms with Crippen LogP contribution in [0.2, 0.25) is 0 Å². The highest BCUT2D eigenvalue weighted by Crippen LogP contribution is 2.35. The van der Waals surface area contributed by atoms with Gasteiger partial charge in [-0.3, -0.25) is 0 Å². The molecule has 2 aromatic rings. The number of ether oxygens (including phenoxy) is 1. The number of hydrogen-bond donors (Lipinski definition) is 1. The zero-order valence-electron chi connectivity index (χ0n) is 12.4. The van der Waals surface area contributed by atoms with Gasteiger partial charge in [0.05, 0.1) is 13.2 Å². The van der Waals surface area contributed by atoms with E-state index in [4.69, 9.17) is 4.74 Å². The summed E-state index contributed by atoms with van der Waals surface area (Å²) in [5, 5.41) is 3.56. The minimum atomic E-state index is 0.0972. The number of benzene rings is 2. The minimum absolute atomic E-state index is 0.0972. The van der Waals surface area contributed by atoms with Crippen LogP contribution in [0, 0.1) is 6.92 Å². The van der Waals surface area contributed by atoms with Crippen molar-refractivity contribution in [1.29, 1.82) is 0 Å². The van der Waals surface area contributed by atoms with Crippen LogP contribution in [-0.2, 0) is 0 Å². The highest BCUT2D eigenvalue weighted by molar-refractivity contribution is 9.10. The number of hydrogen-bond acceptors (Lipinski definition) is 2. The molecule has 0 heterocycles. The van der Waals surface area contributed by atoms with Crippen molar-refractivity contribution in [3.8, 4) is 5.75 Å². The molecule has 0 amide bonds. The molecule has 1 atom stereocenters. The van der Waals surface area contributed by atoms with Crippen LogP contribution in [0.15, 0.2) is 45.3 Å². The molecule has 2 aromatic carbocycles. The molecular weight excluding hydrogens is 394 g/mol. The van der Waals surface area contributed by atoms with Gasteiger partial charge in [0.1, 0.15) is 5.75 Å². The van der Waals surface area contributed by atoms with Crippen LogP contribution in [-0.4, -0.2) is 13.7 Å². The SMILES string of the molecule is CCNC(c1cc(Br)ccc1OC)c1cccc(Br)c1C. The fourth-order valence-corrected chi connectivity index (χ4v) is 3.22. The van der Waals surface area contributed by atoms with Gasteiger partial charge in [-0.1, -0.05) is 50.9 Å². The van der Waals surface area contributed by atoms with Gasteiger partial charge in [-0.15, -0.1) is 0 Å². The van der Waals surface area contributed by atoms with Crippen LogP contribution >= 0.6 is 31.9 Å². The Morgan fingerprint density at radius 1 is 1.14 bits per heavy atom. The topological polar surface area (TPSA) is 21.3 Å². The molecule has 0 aliphatic carbocycles. The van der Waals surface area contributed by atoms with E-state index in [-0.39, 0.29) is 6.04 Å². The second-order valence-corrected chi connectivity index (χ2v) is 6.60. The normalized spacial score (nSPS) is 12.2. The van der Waals surface area contributed by atoms with Crippen molar-refractivity contribution in [3.63, 3.8) is 0 Å². The third-order valence-electron chi connectivity index (χ3n) is 3.53. The lowest BCUT2D eigenvalue weighted by molar-refractivity contribution is 0.404. The summed E-state index contributed by atoms with van der Waals surface area (Å²) >= 11 is 7.18. The van der Waals surface area contributed by atoms with E-state index in [1.807, 2.05) is 12.1 Å². The molecule has 1 N–H and O–H groups in total. The van der Waals surface area contributed by atoms with Crippen LogP contribution in [0.25, 0.3) is 0 Å². The van der Waals surface area contributed by atoms with E-state index in [1.165, 1.54) is 11.1 Å². The first-order valence-electron chi connectivity index (χ1n) is 6.90. The third-order valence-corrected chi connectivity index (χ3v) is 4.88. The molecule has 21 heavy (non-hydrogen) atoms. The van der Waals surface area contributed by atoms with Gasteiger partial charge in [-0.2, -0.15) is 0 Å². The predicted octanol–water partition coefficient (Wildman–Crippen LogP) is 5.23. The fraction of sp³-hybridized carbons (Fsp3) is 0.294. The zero-order chi connectivity index (χ0) is 15.4. The third kappa shape index (κ3) is 3.68. The van der Waals surface area contributed by atoms with Crippen LogP contribution in [0.3, 0.4) is 0 Å².